The molecule has 1 heterocycles. The van der Waals surface area contributed by atoms with E-state index in [9.17, 15) is 9.59 Å². The Hall–Kier alpha value is -1.30. The smallest absolute Gasteiger partial charge is 0.307 e. The van der Waals surface area contributed by atoms with Crippen LogP contribution in [0.4, 0.5) is 0 Å². The van der Waals surface area contributed by atoms with E-state index in [4.69, 9.17) is 16.7 Å². The number of benzene rings is 1. The predicted octanol–water partition coefficient (Wildman–Crippen LogP) is 2.74. The van der Waals surface area contributed by atoms with Crippen molar-refractivity contribution in [1.82, 2.24) is 10.2 Å². The zero-order valence-corrected chi connectivity index (χ0v) is 14.6. The number of hydrogen-bond acceptors (Lipinski definition) is 3. The van der Waals surface area contributed by atoms with E-state index in [2.05, 4.69) is 5.32 Å². The number of aliphatic carboxylic acids is 1. The number of hydrogen-bond donors (Lipinski definition) is 2. The summed E-state index contributed by atoms with van der Waals surface area (Å²) in [5.74, 6) is -1.27. The first-order valence-electron chi connectivity index (χ1n) is 7.46. The minimum Gasteiger partial charge on any atom is -0.481 e. The number of likely N-dealkylation sites (tertiary alicyclic amines) is 1. The van der Waals surface area contributed by atoms with Crippen molar-refractivity contribution in [3.63, 3.8) is 0 Å². The van der Waals surface area contributed by atoms with Gasteiger partial charge in [0.15, 0.2) is 0 Å². The zero-order valence-electron chi connectivity index (χ0n) is 13.0. The number of piperidine rings is 1. The number of carbonyl (C=O) groups is 2. The molecule has 2 atom stereocenters. The normalized spacial score (nSPS) is 19.5. The van der Waals surface area contributed by atoms with Crippen molar-refractivity contribution in [3.05, 3.63) is 34.9 Å². The summed E-state index contributed by atoms with van der Waals surface area (Å²) in [5, 5.41) is 12.6. The van der Waals surface area contributed by atoms with Crippen molar-refractivity contribution in [3.8, 4) is 0 Å². The second-order valence-electron chi connectivity index (χ2n) is 5.72. The molecule has 0 aliphatic carbocycles. The maximum atomic E-state index is 12.1. The van der Waals surface area contributed by atoms with E-state index in [0.29, 0.717) is 18.0 Å². The van der Waals surface area contributed by atoms with Gasteiger partial charge >= 0.3 is 5.97 Å². The van der Waals surface area contributed by atoms with Gasteiger partial charge in [-0.2, -0.15) is 0 Å². The Kier molecular flexibility index (Phi) is 7.82. The highest BCUT2D eigenvalue weighted by atomic mass is 35.5. The Morgan fingerprint density at radius 3 is 2.78 bits per heavy atom. The largest absolute Gasteiger partial charge is 0.481 e. The first kappa shape index (κ1) is 19.7. The van der Waals surface area contributed by atoms with Gasteiger partial charge in [0.1, 0.15) is 0 Å². The van der Waals surface area contributed by atoms with Crippen LogP contribution in [-0.2, 0) is 9.59 Å². The van der Waals surface area contributed by atoms with Gasteiger partial charge in [-0.15, -0.1) is 12.4 Å². The molecule has 0 radical (unpaired) electrons. The summed E-state index contributed by atoms with van der Waals surface area (Å²) in [5.41, 5.74) is 0.875. The van der Waals surface area contributed by atoms with Crippen LogP contribution in [0.5, 0.6) is 0 Å². The molecule has 1 fully saturated rings. The molecule has 0 spiro atoms. The van der Waals surface area contributed by atoms with Gasteiger partial charge in [0.2, 0.25) is 5.91 Å². The number of carboxylic acids is 1. The van der Waals surface area contributed by atoms with Gasteiger partial charge in [0.05, 0.1) is 18.5 Å². The van der Waals surface area contributed by atoms with Crippen molar-refractivity contribution >= 4 is 35.9 Å². The van der Waals surface area contributed by atoms with Crippen LogP contribution < -0.4 is 5.32 Å². The number of amides is 1. The molecule has 1 aliphatic heterocycles. The summed E-state index contributed by atoms with van der Waals surface area (Å²) in [6.45, 7) is 3.30. The summed E-state index contributed by atoms with van der Waals surface area (Å²) in [6, 6.07) is 7.23. The molecule has 0 saturated carbocycles. The van der Waals surface area contributed by atoms with Crippen LogP contribution >= 0.6 is 24.0 Å². The van der Waals surface area contributed by atoms with Gasteiger partial charge in [-0.3, -0.25) is 14.5 Å². The maximum Gasteiger partial charge on any atom is 0.307 e. The highest BCUT2D eigenvalue weighted by Crippen LogP contribution is 2.22. The lowest BCUT2D eigenvalue weighted by molar-refractivity contribution is -0.144. The van der Waals surface area contributed by atoms with E-state index in [1.807, 2.05) is 30.0 Å². The maximum absolute atomic E-state index is 12.1. The first-order valence-corrected chi connectivity index (χ1v) is 7.84. The van der Waals surface area contributed by atoms with Gasteiger partial charge in [-0.1, -0.05) is 29.8 Å². The molecule has 0 aromatic heterocycles. The Labute approximate surface area is 147 Å². The topological polar surface area (TPSA) is 69.6 Å². The van der Waals surface area contributed by atoms with E-state index < -0.39 is 5.97 Å². The predicted molar refractivity (Wildman–Crippen MR) is 92.1 cm³/mol. The van der Waals surface area contributed by atoms with Crippen molar-refractivity contribution in [1.29, 1.82) is 0 Å². The second kappa shape index (κ2) is 9.11. The molecule has 128 valence electrons. The molecule has 1 aromatic carbocycles. The minimum atomic E-state index is -0.783. The lowest BCUT2D eigenvalue weighted by atomic mass is 9.98. The molecule has 23 heavy (non-hydrogen) atoms. The van der Waals surface area contributed by atoms with Crippen molar-refractivity contribution in [2.24, 2.45) is 5.92 Å². The molecule has 1 saturated heterocycles. The van der Waals surface area contributed by atoms with E-state index in [1.165, 1.54) is 0 Å². The molecule has 1 aliphatic rings. The lowest BCUT2D eigenvalue weighted by Gasteiger charge is -2.30. The highest BCUT2D eigenvalue weighted by molar-refractivity contribution is 6.31. The zero-order chi connectivity index (χ0) is 16.1. The van der Waals surface area contributed by atoms with Gasteiger partial charge in [-0.25, -0.2) is 0 Å². The van der Waals surface area contributed by atoms with E-state index in [-0.39, 0.29) is 36.8 Å². The fourth-order valence-corrected chi connectivity index (χ4v) is 3.09. The quantitative estimate of drug-likeness (QED) is 0.846. The van der Waals surface area contributed by atoms with Crippen LogP contribution in [0.2, 0.25) is 5.02 Å². The fraction of sp³-hybridized carbons (Fsp3) is 0.500. The Balaban J connectivity index is 0.00000264. The number of carboxylic acid groups (broad SMARTS) is 1. The number of nitrogens with one attached hydrogen (secondary N) is 1. The SMILES string of the molecule is CC(NC(=O)CN1CCCC(C(=O)O)C1)c1ccccc1Cl.Cl. The van der Waals surface area contributed by atoms with Crippen LogP contribution in [0.25, 0.3) is 0 Å². The number of nitrogens with zero attached hydrogens (tertiary/aromatic N) is 1. The molecular formula is C16H22Cl2N2O3. The second-order valence-corrected chi connectivity index (χ2v) is 6.13. The Bertz CT molecular complexity index is 554. The van der Waals surface area contributed by atoms with Gasteiger partial charge in [-0.05, 0) is 37.9 Å². The summed E-state index contributed by atoms with van der Waals surface area (Å²) < 4.78 is 0. The minimum absolute atomic E-state index is 0. The molecule has 7 heteroatoms. The molecule has 0 bridgehead atoms. The molecule has 2 rings (SSSR count). The Morgan fingerprint density at radius 1 is 1.43 bits per heavy atom. The summed E-state index contributed by atoms with van der Waals surface area (Å²) in [7, 11) is 0. The molecule has 1 aromatic rings. The summed E-state index contributed by atoms with van der Waals surface area (Å²) >= 11 is 6.12. The number of halogens is 2. The number of carbonyl (C=O) groups excluding carboxylic acids is 1. The summed E-state index contributed by atoms with van der Waals surface area (Å²) in [6.07, 6.45) is 1.49. The van der Waals surface area contributed by atoms with Gasteiger partial charge in [0, 0.05) is 11.6 Å². The van der Waals surface area contributed by atoms with Crippen LogP contribution in [-0.4, -0.2) is 41.5 Å². The van der Waals surface area contributed by atoms with Crippen molar-refractivity contribution < 1.29 is 14.7 Å². The third kappa shape index (κ3) is 5.68. The average molecular weight is 361 g/mol. The molecular weight excluding hydrogens is 339 g/mol. The van der Waals surface area contributed by atoms with Gasteiger partial charge in [0.25, 0.3) is 0 Å². The lowest BCUT2D eigenvalue weighted by Crippen LogP contribution is -2.44. The van der Waals surface area contributed by atoms with E-state index in [0.717, 1.165) is 18.5 Å². The Morgan fingerprint density at radius 2 is 2.13 bits per heavy atom. The third-order valence-electron chi connectivity index (χ3n) is 3.97. The highest BCUT2D eigenvalue weighted by Gasteiger charge is 2.26. The van der Waals surface area contributed by atoms with Crippen LogP contribution in [0.3, 0.4) is 0 Å². The number of rotatable bonds is 5. The molecule has 1 amide bonds. The first-order chi connectivity index (χ1) is 10.5. The standard InChI is InChI=1S/C16H21ClN2O3.ClH/c1-11(13-6-2-3-7-14(13)17)18-15(20)10-19-8-4-5-12(9-19)16(21)22;/h2-3,6-7,11-12H,4-5,8-10H2,1H3,(H,18,20)(H,21,22);1H. The monoisotopic (exact) mass is 360 g/mol. The molecule has 2 N–H and O–H groups in total. The van der Waals surface area contributed by atoms with Gasteiger partial charge < -0.3 is 10.4 Å². The molecule has 2 unspecified atom stereocenters. The fourth-order valence-electron chi connectivity index (χ4n) is 2.79. The summed E-state index contributed by atoms with van der Waals surface area (Å²) in [4.78, 5) is 25.1. The van der Waals surface area contributed by atoms with Crippen molar-refractivity contribution in [2.45, 2.75) is 25.8 Å². The van der Waals surface area contributed by atoms with Crippen LogP contribution in [0.1, 0.15) is 31.4 Å². The van der Waals surface area contributed by atoms with Crippen molar-refractivity contribution in [2.75, 3.05) is 19.6 Å². The van der Waals surface area contributed by atoms with E-state index in [1.54, 1.807) is 6.07 Å². The average Bonchev–Trinajstić information content (AvgIpc) is 2.47. The third-order valence-corrected chi connectivity index (χ3v) is 4.32. The van der Waals surface area contributed by atoms with Crippen LogP contribution in [0.15, 0.2) is 24.3 Å². The van der Waals surface area contributed by atoms with Crippen LogP contribution in [0, 0.1) is 5.92 Å². The molecule has 5 nitrogen and oxygen atoms in total. The van der Waals surface area contributed by atoms with E-state index >= 15 is 0 Å².